The van der Waals surface area contributed by atoms with Crippen LogP contribution in [-0.2, 0) is 10.0 Å². The number of pyridine rings is 1. The number of anilines is 2. The van der Waals surface area contributed by atoms with Crippen molar-refractivity contribution >= 4 is 43.6 Å². The third-order valence-corrected chi connectivity index (χ3v) is 7.15. The quantitative estimate of drug-likeness (QED) is 0.361. The predicted octanol–water partition coefficient (Wildman–Crippen LogP) is 3.99. The van der Waals surface area contributed by atoms with E-state index in [0.717, 1.165) is 9.36 Å². The summed E-state index contributed by atoms with van der Waals surface area (Å²) in [6.07, 6.45) is 4.58. The van der Waals surface area contributed by atoms with E-state index in [9.17, 15) is 8.42 Å². The topological polar surface area (TPSA) is 117 Å². The second-order valence-electron chi connectivity index (χ2n) is 7.46. The molecule has 0 fully saturated rings. The Morgan fingerprint density at radius 2 is 1.63 bits per heavy atom. The lowest BCUT2D eigenvalue weighted by atomic mass is 10.2. The summed E-state index contributed by atoms with van der Waals surface area (Å²) in [6.45, 7) is 0. The molecule has 0 saturated heterocycles. The first kappa shape index (κ1) is 22.4. The number of nitrogens with one attached hydrogen (secondary N) is 1. The van der Waals surface area contributed by atoms with E-state index >= 15 is 0 Å². The summed E-state index contributed by atoms with van der Waals surface area (Å²) in [5.41, 5.74) is 1.18. The summed E-state index contributed by atoms with van der Waals surface area (Å²) in [5, 5.41) is 4.37. The Labute approximate surface area is 201 Å². The van der Waals surface area contributed by atoms with Crippen LogP contribution in [0, 0.1) is 0 Å². The van der Waals surface area contributed by atoms with Crippen LogP contribution < -0.4 is 19.5 Å². The molecular formula is C24H21N5O5S. The van der Waals surface area contributed by atoms with Crippen LogP contribution in [0.25, 0.3) is 21.9 Å². The Hall–Kier alpha value is -4.38. The van der Waals surface area contributed by atoms with Gasteiger partial charge in [-0.15, -0.1) is 0 Å². The minimum absolute atomic E-state index is 0.0887. The van der Waals surface area contributed by atoms with Gasteiger partial charge < -0.3 is 19.5 Å². The van der Waals surface area contributed by atoms with E-state index in [2.05, 4.69) is 20.3 Å². The van der Waals surface area contributed by atoms with E-state index in [1.165, 1.54) is 33.6 Å². The maximum atomic E-state index is 13.6. The van der Waals surface area contributed by atoms with Crippen LogP contribution in [0.5, 0.6) is 17.2 Å². The monoisotopic (exact) mass is 491 g/mol. The van der Waals surface area contributed by atoms with E-state index in [1.807, 2.05) is 12.1 Å². The lowest BCUT2D eigenvalue weighted by molar-refractivity contribution is 0.324. The molecule has 0 unspecified atom stereocenters. The van der Waals surface area contributed by atoms with Gasteiger partial charge in [0.1, 0.15) is 4.90 Å². The number of hydrogen-bond donors (Lipinski definition) is 1. The maximum Gasteiger partial charge on any atom is 0.271 e. The van der Waals surface area contributed by atoms with Gasteiger partial charge >= 0.3 is 0 Å². The van der Waals surface area contributed by atoms with Crippen LogP contribution in [0.3, 0.4) is 0 Å². The average Bonchev–Trinajstić information content (AvgIpc) is 3.32. The van der Waals surface area contributed by atoms with Gasteiger partial charge in [0.2, 0.25) is 11.7 Å². The van der Waals surface area contributed by atoms with Crippen LogP contribution in [0.1, 0.15) is 0 Å². The maximum absolute atomic E-state index is 13.6. The van der Waals surface area contributed by atoms with Crippen LogP contribution in [0.2, 0.25) is 0 Å². The zero-order valence-corrected chi connectivity index (χ0v) is 19.9. The SMILES string of the molecule is COc1cc(Nc2ncc3ccn(S(=O)(=O)c4cccc5cccnc45)c3n2)cc(OC)c1OC. The minimum Gasteiger partial charge on any atom is -0.493 e. The molecular weight excluding hydrogens is 470 g/mol. The Morgan fingerprint density at radius 3 is 2.34 bits per heavy atom. The Balaban J connectivity index is 1.58. The number of para-hydroxylation sites is 1. The van der Waals surface area contributed by atoms with E-state index in [4.69, 9.17) is 14.2 Å². The molecule has 3 heterocycles. The fraction of sp³-hybridized carbons (Fsp3) is 0.125. The van der Waals surface area contributed by atoms with Gasteiger partial charge in [-0.3, -0.25) is 4.98 Å². The summed E-state index contributed by atoms with van der Waals surface area (Å²) >= 11 is 0. The van der Waals surface area contributed by atoms with Crippen molar-refractivity contribution in [1.82, 2.24) is 18.9 Å². The zero-order chi connectivity index (χ0) is 24.6. The van der Waals surface area contributed by atoms with Gasteiger partial charge in [-0.2, -0.15) is 4.98 Å². The Kier molecular flexibility index (Phi) is 5.61. The number of aromatic nitrogens is 4. The van der Waals surface area contributed by atoms with Crippen LogP contribution in [0.15, 0.2) is 72.0 Å². The highest BCUT2D eigenvalue weighted by Gasteiger charge is 2.23. The molecule has 3 aromatic heterocycles. The first-order valence-corrected chi connectivity index (χ1v) is 11.9. The fourth-order valence-electron chi connectivity index (χ4n) is 3.82. The van der Waals surface area contributed by atoms with E-state index in [-0.39, 0.29) is 16.5 Å². The van der Waals surface area contributed by atoms with Crippen molar-refractivity contribution in [2.24, 2.45) is 0 Å². The van der Waals surface area contributed by atoms with E-state index in [1.54, 1.807) is 42.7 Å². The van der Waals surface area contributed by atoms with Gasteiger partial charge in [-0.1, -0.05) is 18.2 Å². The molecule has 5 rings (SSSR count). The highest BCUT2D eigenvalue weighted by molar-refractivity contribution is 7.90. The second-order valence-corrected chi connectivity index (χ2v) is 9.24. The van der Waals surface area contributed by atoms with Crippen molar-refractivity contribution in [3.05, 3.63) is 67.1 Å². The molecule has 0 aliphatic carbocycles. The fourth-order valence-corrected chi connectivity index (χ4v) is 5.29. The predicted molar refractivity (Wildman–Crippen MR) is 131 cm³/mol. The molecule has 0 amide bonds. The van der Waals surface area contributed by atoms with Gasteiger partial charge in [0.05, 0.1) is 26.8 Å². The molecule has 0 bridgehead atoms. The smallest absolute Gasteiger partial charge is 0.271 e. The van der Waals surface area contributed by atoms with Crippen LogP contribution in [0.4, 0.5) is 11.6 Å². The lowest BCUT2D eigenvalue weighted by Crippen LogP contribution is -2.13. The van der Waals surface area contributed by atoms with Crippen molar-refractivity contribution < 1.29 is 22.6 Å². The van der Waals surface area contributed by atoms with Gasteiger partial charge in [0.25, 0.3) is 10.0 Å². The molecule has 178 valence electrons. The van der Waals surface area contributed by atoms with E-state index in [0.29, 0.717) is 33.8 Å². The normalized spacial score (nSPS) is 11.5. The molecule has 0 aliphatic heterocycles. The first-order chi connectivity index (χ1) is 17.0. The summed E-state index contributed by atoms with van der Waals surface area (Å²) in [5.74, 6) is 1.54. The molecule has 1 N–H and O–H groups in total. The zero-order valence-electron chi connectivity index (χ0n) is 19.1. The van der Waals surface area contributed by atoms with Crippen molar-refractivity contribution in [2.75, 3.05) is 26.6 Å². The minimum atomic E-state index is -3.99. The third-order valence-electron chi connectivity index (χ3n) is 5.45. The summed E-state index contributed by atoms with van der Waals surface area (Å²) in [7, 11) is 0.564. The molecule has 11 heteroatoms. The number of nitrogens with zero attached hydrogens (tertiary/aromatic N) is 4. The standard InChI is InChI=1S/C24H21N5O5S/c1-32-18-12-17(13-19(33-2)22(18)34-3)27-24-26-14-16-9-11-29(23(16)28-24)35(30,31)20-8-4-6-15-7-5-10-25-21(15)20/h4-14H,1-3H3,(H,26,27,28). The lowest BCUT2D eigenvalue weighted by Gasteiger charge is -2.14. The molecule has 0 atom stereocenters. The summed E-state index contributed by atoms with van der Waals surface area (Å²) in [4.78, 5) is 13.2. The van der Waals surface area contributed by atoms with Crippen molar-refractivity contribution in [3.63, 3.8) is 0 Å². The van der Waals surface area contributed by atoms with Gasteiger partial charge in [-0.05, 0) is 18.2 Å². The molecule has 35 heavy (non-hydrogen) atoms. The third kappa shape index (κ3) is 3.85. The second kappa shape index (κ2) is 8.76. The van der Waals surface area contributed by atoms with Gasteiger partial charge in [0, 0.05) is 47.2 Å². The molecule has 0 spiro atoms. The van der Waals surface area contributed by atoms with Gasteiger partial charge in [0.15, 0.2) is 17.1 Å². The number of fused-ring (bicyclic) bond motifs is 2. The largest absolute Gasteiger partial charge is 0.493 e. The van der Waals surface area contributed by atoms with E-state index < -0.39 is 10.0 Å². The summed E-state index contributed by atoms with van der Waals surface area (Å²) < 4.78 is 44.5. The van der Waals surface area contributed by atoms with Crippen LogP contribution >= 0.6 is 0 Å². The highest BCUT2D eigenvalue weighted by Crippen LogP contribution is 2.40. The van der Waals surface area contributed by atoms with Crippen molar-refractivity contribution in [1.29, 1.82) is 0 Å². The number of hydrogen-bond acceptors (Lipinski definition) is 9. The van der Waals surface area contributed by atoms with Crippen molar-refractivity contribution in [3.8, 4) is 17.2 Å². The van der Waals surface area contributed by atoms with Gasteiger partial charge in [-0.25, -0.2) is 17.4 Å². The number of methoxy groups -OCH3 is 3. The Bertz CT molecular complexity index is 1640. The van der Waals surface area contributed by atoms with Crippen molar-refractivity contribution in [2.45, 2.75) is 4.90 Å². The Morgan fingerprint density at radius 1 is 0.886 bits per heavy atom. The molecule has 0 saturated carbocycles. The molecule has 2 aromatic carbocycles. The molecule has 10 nitrogen and oxygen atoms in total. The number of ether oxygens (including phenoxy) is 3. The first-order valence-electron chi connectivity index (χ1n) is 10.5. The molecule has 0 radical (unpaired) electrons. The molecule has 0 aliphatic rings. The van der Waals surface area contributed by atoms with Crippen LogP contribution in [-0.4, -0.2) is 48.7 Å². The molecule has 5 aromatic rings. The number of benzene rings is 2. The average molecular weight is 492 g/mol. The number of rotatable bonds is 7. The highest BCUT2D eigenvalue weighted by atomic mass is 32.2. The summed E-state index contributed by atoms with van der Waals surface area (Å²) in [6, 6.07) is 13.7.